The highest BCUT2D eigenvalue weighted by atomic mass is 16.2. The number of pyridine rings is 1. The first-order valence-electron chi connectivity index (χ1n) is 11.9. The Morgan fingerprint density at radius 2 is 1.82 bits per heavy atom. The molecule has 1 aromatic heterocycles. The van der Waals surface area contributed by atoms with E-state index in [2.05, 4.69) is 29.4 Å². The molecule has 0 saturated carbocycles. The van der Waals surface area contributed by atoms with E-state index < -0.39 is 0 Å². The summed E-state index contributed by atoms with van der Waals surface area (Å²) in [5.41, 5.74) is 14.5. The largest absolute Gasteiger partial charge is 0.383 e. The van der Waals surface area contributed by atoms with Gasteiger partial charge in [-0.2, -0.15) is 0 Å². The minimum Gasteiger partial charge on any atom is -0.383 e. The Morgan fingerprint density at radius 1 is 1.06 bits per heavy atom. The lowest BCUT2D eigenvalue weighted by atomic mass is 9.92. The van der Waals surface area contributed by atoms with Crippen LogP contribution in [0.2, 0.25) is 0 Å². The van der Waals surface area contributed by atoms with Crippen molar-refractivity contribution in [1.82, 2.24) is 15.2 Å². The zero-order chi connectivity index (χ0) is 24.0. The van der Waals surface area contributed by atoms with Crippen LogP contribution in [0.5, 0.6) is 0 Å². The molecule has 0 spiro atoms. The van der Waals surface area contributed by atoms with Crippen LogP contribution in [-0.2, 0) is 6.42 Å². The van der Waals surface area contributed by atoms with E-state index in [9.17, 15) is 9.59 Å². The van der Waals surface area contributed by atoms with Crippen LogP contribution < -0.4 is 11.1 Å². The zero-order valence-electron chi connectivity index (χ0n) is 19.9. The van der Waals surface area contributed by atoms with Gasteiger partial charge in [0, 0.05) is 47.6 Å². The predicted molar refractivity (Wildman–Crippen MR) is 135 cm³/mol. The number of fused-ring (bicyclic) bond motifs is 1. The van der Waals surface area contributed by atoms with E-state index in [0.29, 0.717) is 12.4 Å². The Kier molecular flexibility index (Phi) is 5.60. The molecular weight excluding hydrogens is 424 g/mol. The molecule has 0 aliphatic carbocycles. The van der Waals surface area contributed by atoms with Crippen molar-refractivity contribution in [2.45, 2.75) is 46.1 Å². The van der Waals surface area contributed by atoms with Crippen LogP contribution in [-0.4, -0.2) is 40.8 Å². The summed E-state index contributed by atoms with van der Waals surface area (Å²) in [6, 6.07) is 12.3. The monoisotopic (exact) mass is 454 g/mol. The molecule has 3 aromatic rings. The molecule has 0 unspecified atom stereocenters. The van der Waals surface area contributed by atoms with Gasteiger partial charge < -0.3 is 16.0 Å². The molecule has 1 fully saturated rings. The van der Waals surface area contributed by atoms with Crippen molar-refractivity contribution < 1.29 is 9.59 Å². The maximum Gasteiger partial charge on any atom is 0.254 e. The van der Waals surface area contributed by atoms with Crippen molar-refractivity contribution in [2.75, 3.05) is 18.8 Å². The van der Waals surface area contributed by atoms with Crippen molar-refractivity contribution in [1.29, 1.82) is 0 Å². The van der Waals surface area contributed by atoms with E-state index in [1.54, 1.807) is 6.20 Å². The summed E-state index contributed by atoms with van der Waals surface area (Å²) in [4.78, 5) is 31.8. The smallest absolute Gasteiger partial charge is 0.254 e. The van der Waals surface area contributed by atoms with Gasteiger partial charge in [-0.05, 0) is 80.0 Å². The SMILES string of the molecule is Cc1cc(-c2cnc(N)c(-c3ccc4c(c3)CCNC4=O)c2)cc(C)c1C(=O)N1CCC[C@@H]1C. The van der Waals surface area contributed by atoms with E-state index in [0.717, 1.165) is 75.9 Å². The van der Waals surface area contributed by atoms with E-state index in [1.807, 2.05) is 43.0 Å². The number of nitrogens with two attached hydrogens (primary N) is 1. The fraction of sp³-hybridized carbons (Fsp3) is 0.321. The number of aryl methyl sites for hydroxylation is 2. The molecule has 34 heavy (non-hydrogen) atoms. The molecule has 2 aliphatic rings. The summed E-state index contributed by atoms with van der Waals surface area (Å²) in [6.07, 6.45) is 4.71. The van der Waals surface area contributed by atoms with E-state index >= 15 is 0 Å². The summed E-state index contributed by atoms with van der Waals surface area (Å²) in [7, 11) is 0. The number of anilines is 1. The molecule has 2 aromatic carbocycles. The first-order chi connectivity index (χ1) is 16.3. The number of nitrogens with one attached hydrogen (secondary N) is 1. The van der Waals surface area contributed by atoms with Gasteiger partial charge in [0.05, 0.1) is 0 Å². The van der Waals surface area contributed by atoms with Crippen LogP contribution >= 0.6 is 0 Å². The molecule has 0 bridgehead atoms. The Bertz CT molecular complexity index is 1290. The lowest BCUT2D eigenvalue weighted by Crippen LogP contribution is -2.34. The summed E-state index contributed by atoms with van der Waals surface area (Å²) in [5, 5.41) is 2.88. The number of likely N-dealkylation sites (tertiary alicyclic amines) is 1. The number of benzene rings is 2. The van der Waals surface area contributed by atoms with Gasteiger partial charge in [0.25, 0.3) is 11.8 Å². The summed E-state index contributed by atoms with van der Waals surface area (Å²) >= 11 is 0. The van der Waals surface area contributed by atoms with Gasteiger partial charge in [-0.3, -0.25) is 9.59 Å². The Balaban J connectivity index is 1.51. The fourth-order valence-electron chi connectivity index (χ4n) is 5.31. The molecule has 2 amide bonds. The molecule has 1 atom stereocenters. The third-order valence-corrected chi connectivity index (χ3v) is 7.15. The summed E-state index contributed by atoms with van der Waals surface area (Å²) in [6.45, 7) is 7.60. The average molecular weight is 455 g/mol. The molecule has 0 radical (unpaired) electrons. The van der Waals surface area contributed by atoms with Crippen molar-refractivity contribution in [3.63, 3.8) is 0 Å². The summed E-state index contributed by atoms with van der Waals surface area (Å²) < 4.78 is 0. The molecule has 3 heterocycles. The Labute approximate surface area is 200 Å². The number of carbonyl (C=O) groups is 2. The highest BCUT2D eigenvalue weighted by Crippen LogP contribution is 2.33. The third kappa shape index (κ3) is 3.83. The van der Waals surface area contributed by atoms with Crippen molar-refractivity contribution in [3.8, 4) is 22.3 Å². The number of nitrogens with zero attached hydrogens (tertiary/aromatic N) is 2. The van der Waals surface area contributed by atoms with E-state index in [4.69, 9.17) is 5.73 Å². The highest BCUT2D eigenvalue weighted by Gasteiger charge is 2.28. The van der Waals surface area contributed by atoms with Gasteiger partial charge >= 0.3 is 0 Å². The number of hydrogen-bond acceptors (Lipinski definition) is 4. The van der Waals surface area contributed by atoms with E-state index in [1.165, 1.54) is 0 Å². The molecule has 6 nitrogen and oxygen atoms in total. The lowest BCUT2D eigenvalue weighted by molar-refractivity contribution is 0.0745. The summed E-state index contributed by atoms with van der Waals surface area (Å²) in [5.74, 6) is 0.546. The number of hydrogen-bond donors (Lipinski definition) is 2. The molecule has 6 heteroatoms. The molecule has 3 N–H and O–H groups in total. The normalized spacial score (nSPS) is 17.4. The third-order valence-electron chi connectivity index (χ3n) is 7.15. The molecular formula is C28H30N4O2. The highest BCUT2D eigenvalue weighted by molar-refractivity contribution is 5.99. The number of amides is 2. The Morgan fingerprint density at radius 3 is 2.53 bits per heavy atom. The Hall–Kier alpha value is -3.67. The second kappa shape index (κ2) is 8.60. The second-order valence-corrected chi connectivity index (χ2v) is 9.51. The van der Waals surface area contributed by atoms with Crippen LogP contribution in [0.4, 0.5) is 5.82 Å². The zero-order valence-corrected chi connectivity index (χ0v) is 19.9. The topological polar surface area (TPSA) is 88.3 Å². The molecule has 1 saturated heterocycles. The number of rotatable bonds is 3. The fourth-order valence-corrected chi connectivity index (χ4v) is 5.31. The molecule has 5 rings (SSSR count). The van der Waals surface area contributed by atoms with Gasteiger partial charge in [0.1, 0.15) is 5.82 Å². The van der Waals surface area contributed by atoms with Crippen LogP contribution in [0.3, 0.4) is 0 Å². The number of carbonyl (C=O) groups excluding carboxylic acids is 2. The standard InChI is InChI=1S/C28H30N4O2/c1-16-11-21(12-17(2)25(16)28(34)32-10-4-5-18(32)3)22-14-24(26(29)31-15-22)19-6-7-23-20(13-19)8-9-30-27(23)33/h6-7,11-15,18H,4-5,8-10H2,1-3H3,(H2,29,31)(H,30,33)/t18-/m0/s1. The average Bonchev–Trinajstić information content (AvgIpc) is 3.24. The van der Waals surface area contributed by atoms with Crippen molar-refractivity contribution in [3.05, 3.63) is 70.4 Å². The van der Waals surface area contributed by atoms with Crippen molar-refractivity contribution in [2.24, 2.45) is 0 Å². The van der Waals surface area contributed by atoms with Gasteiger partial charge in [-0.25, -0.2) is 4.98 Å². The van der Waals surface area contributed by atoms with E-state index in [-0.39, 0.29) is 17.9 Å². The minimum absolute atomic E-state index is 0.0310. The molecule has 2 aliphatic heterocycles. The number of nitrogen functional groups attached to an aromatic ring is 1. The minimum atomic E-state index is -0.0310. The first-order valence-corrected chi connectivity index (χ1v) is 11.9. The van der Waals surface area contributed by atoms with Gasteiger partial charge in [-0.1, -0.05) is 24.3 Å². The first kappa shape index (κ1) is 22.1. The van der Waals surface area contributed by atoms with Gasteiger partial charge in [0.15, 0.2) is 0 Å². The van der Waals surface area contributed by atoms with Gasteiger partial charge in [-0.15, -0.1) is 0 Å². The maximum atomic E-state index is 13.2. The van der Waals surface area contributed by atoms with Crippen LogP contribution in [0.1, 0.15) is 57.2 Å². The van der Waals surface area contributed by atoms with Crippen LogP contribution in [0.15, 0.2) is 42.6 Å². The molecule has 174 valence electrons. The number of aromatic nitrogens is 1. The second-order valence-electron chi connectivity index (χ2n) is 9.51. The maximum absolute atomic E-state index is 13.2. The van der Waals surface area contributed by atoms with Gasteiger partial charge in [0.2, 0.25) is 0 Å². The van der Waals surface area contributed by atoms with Crippen LogP contribution in [0.25, 0.3) is 22.3 Å². The quantitative estimate of drug-likeness (QED) is 0.609. The predicted octanol–water partition coefficient (Wildman–Crippen LogP) is 4.53. The van der Waals surface area contributed by atoms with Crippen LogP contribution in [0, 0.1) is 13.8 Å². The van der Waals surface area contributed by atoms with Crippen molar-refractivity contribution >= 4 is 17.6 Å². The lowest BCUT2D eigenvalue weighted by Gasteiger charge is -2.24.